The fourth-order valence-corrected chi connectivity index (χ4v) is 1.98. The summed E-state index contributed by atoms with van der Waals surface area (Å²) < 4.78 is 11.5. The molecule has 94 valence electrons. The molecule has 0 unspecified atom stereocenters. The summed E-state index contributed by atoms with van der Waals surface area (Å²) in [7, 11) is 1.62. The molecular formula is C12H10Br2N2O2. The second kappa shape index (κ2) is 6.15. The first kappa shape index (κ1) is 13.3. The molecule has 0 aliphatic carbocycles. The highest BCUT2D eigenvalue weighted by atomic mass is 79.9. The number of ether oxygens (including phenoxy) is 2. The van der Waals surface area contributed by atoms with E-state index < -0.39 is 0 Å². The maximum absolute atomic E-state index is 5.57. The number of aromatic nitrogens is 2. The fourth-order valence-electron chi connectivity index (χ4n) is 1.25. The normalized spacial score (nSPS) is 10.2. The summed E-state index contributed by atoms with van der Waals surface area (Å²) in [5, 5.41) is 0.722. The molecule has 1 aromatic carbocycles. The van der Waals surface area contributed by atoms with Gasteiger partial charge >= 0.3 is 6.01 Å². The van der Waals surface area contributed by atoms with E-state index in [0.29, 0.717) is 11.8 Å². The Labute approximate surface area is 122 Å². The average Bonchev–Trinajstić information content (AvgIpc) is 2.42. The van der Waals surface area contributed by atoms with E-state index in [0.717, 1.165) is 21.1 Å². The molecule has 0 amide bonds. The quantitative estimate of drug-likeness (QED) is 0.761. The maximum atomic E-state index is 5.57. The van der Waals surface area contributed by atoms with Crippen LogP contribution in [0.1, 0.15) is 5.56 Å². The third kappa shape index (κ3) is 3.20. The molecule has 0 saturated carbocycles. The van der Waals surface area contributed by atoms with Crippen LogP contribution in [0.15, 0.2) is 35.1 Å². The highest BCUT2D eigenvalue weighted by molar-refractivity contribution is 9.10. The van der Waals surface area contributed by atoms with Crippen LogP contribution in [-0.2, 0) is 5.33 Å². The molecule has 6 heteroatoms. The van der Waals surface area contributed by atoms with E-state index in [4.69, 9.17) is 9.47 Å². The summed E-state index contributed by atoms with van der Waals surface area (Å²) in [5.74, 6) is 1.40. The molecule has 1 heterocycles. The molecule has 1 aromatic heterocycles. The molecule has 0 fully saturated rings. The molecule has 2 aromatic rings. The Morgan fingerprint density at radius 3 is 2.50 bits per heavy atom. The van der Waals surface area contributed by atoms with Gasteiger partial charge in [-0.25, -0.2) is 9.97 Å². The van der Waals surface area contributed by atoms with Crippen molar-refractivity contribution in [3.8, 4) is 17.5 Å². The summed E-state index contributed by atoms with van der Waals surface area (Å²) in [4.78, 5) is 8.23. The Hall–Kier alpha value is -1.14. The lowest BCUT2D eigenvalue weighted by atomic mass is 10.3. The Morgan fingerprint density at radius 2 is 1.94 bits per heavy atom. The van der Waals surface area contributed by atoms with Gasteiger partial charge in [0.25, 0.3) is 0 Å². The van der Waals surface area contributed by atoms with Crippen molar-refractivity contribution in [2.45, 2.75) is 5.33 Å². The molecule has 4 nitrogen and oxygen atoms in total. The van der Waals surface area contributed by atoms with Crippen molar-refractivity contribution < 1.29 is 9.47 Å². The van der Waals surface area contributed by atoms with Crippen molar-refractivity contribution in [2.75, 3.05) is 7.11 Å². The molecule has 18 heavy (non-hydrogen) atoms. The number of halogens is 2. The molecule has 0 bridgehead atoms. The predicted molar refractivity (Wildman–Crippen MR) is 75.4 cm³/mol. The van der Waals surface area contributed by atoms with Gasteiger partial charge < -0.3 is 9.47 Å². The van der Waals surface area contributed by atoms with Crippen LogP contribution in [0.3, 0.4) is 0 Å². The van der Waals surface area contributed by atoms with Gasteiger partial charge in [0.1, 0.15) is 11.5 Å². The number of benzene rings is 1. The van der Waals surface area contributed by atoms with Crippen LogP contribution in [0.2, 0.25) is 0 Å². The van der Waals surface area contributed by atoms with Crippen molar-refractivity contribution in [3.63, 3.8) is 0 Å². The zero-order valence-electron chi connectivity index (χ0n) is 9.56. The highest BCUT2D eigenvalue weighted by Crippen LogP contribution is 2.31. The summed E-state index contributed by atoms with van der Waals surface area (Å²) in [5.41, 5.74) is 0.996. The third-order valence-corrected chi connectivity index (χ3v) is 3.44. The molecule has 2 rings (SSSR count). The van der Waals surface area contributed by atoms with E-state index in [1.807, 2.05) is 12.1 Å². The first-order valence-electron chi connectivity index (χ1n) is 5.11. The van der Waals surface area contributed by atoms with Crippen molar-refractivity contribution in [3.05, 3.63) is 40.6 Å². The topological polar surface area (TPSA) is 44.2 Å². The lowest BCUT2D eigenvalue weighted by molar-refractivity contribution is 0.409. The van der Waals surface area contributed by atoms with Crippen molar-refractivity contribution >= 4 is 31.9 Å². The van der Waals surface area contributed by atoms with E-state index in [1.165, 1.54) is 0 Å². The number of rotatable bonds is 4. The Kier molecular flexibility index (Phi) is 4.54. The van der Waals surface area contributed by atoms with Crippen molar-refractivity contribution in [1.82, 2.24) is 9.97 Å². The Bertz CT molecular complexity index is 532. The smallest absolute Gasteiger partial charge is 0.321 e. The third-order valence-electron chi connectivity index (χ3n) is 2.18. The SMILES string of the molecule is COc1ccc(Oc2ncc(CBr)cn2)c(Br)c1. The van der Waals surface area contributed by atoms with Gasteiger partial charge in [-0.05, 0) is 39.7 Å². The van der Waals surface area contributed by atoms with E-state index in [-0.39, 0.29) is 0 Å². The van der Waals surface area contributed by atoms with Crippen LogP contribution in [0.5, 0.6) is 17.5 Å². The molecular weight excluding hydrogens is 364 g/mol. The summed E-state index contributed by atoms with van der Waals surface area (Å²) in [6, 6.07) is 5.74. The van der Waals surface area contributed by atoms with Gasteiger partial charge in [0, 0.05) is 17.7 Å². The molecule has 0 spiro atoms. The monoisotopic (exact) mass is 372 g/mol. The summed E-state index contributed by atoms with van der Waals surface area (Å²) in [6.45, 7) is 0. The molecule has 0 saturated heterocycles. The lowest BCUT2D eigenvalue weighted by Crippen LogP contribution is -1.93. The molecule has 0 atom stereocenters. The summed E-state index contributed by atoms with van der Waals surface area (Å²) in [6.07, 6.45) is 3.43. The number of hydrogen-bond donors (Lipinski definition) is 0. The van der Waals surface area contributed by atoms with Crippen LogP contribution in [-0.4, -0.2) is 17.1 Å². The minimum absolute atomic E-state index is 0.311. The van der Waals surface area contributed by atoms with Gasteiger partial charge in [0.15, 0.2) is 0 Å². The maximum Gasteiger partial charge on any atom is 0.321 e. The van der Waals surface area contributed by atoms with E-state index >= 15 is 0 Å². The fraction of sp³-hybridized carbons (Fsp3) is 0.167. The second-order valence-electron chi connectivity index (χ2n) is 3.41. The minimum atomic E-state index is 0.311. The minimum Gasteiger partial charge on any atom is -0.497 e. The first-order valence-corrected chi connectivity index (χ1v) is 7.02. The molecule has 0 radical (unpaired) electrons. The number of alkyl halides is 1. The first-order chi connectivity index (χ1) is 8.72. The Balaban J connectivity index is 2.17. The second-order valence-corrected chi connectivity index (χ2v) is 4.82. The van der Waals surface area contributed by atoms with Crippen LogP contribution in [0, 0.1) is 0 Å². The van der Waals surface area contributed by atoms with Gasteiger partial charge in [-0.1, -0.05) is 15.9 Å². The standard InChI is InChI=1S/C12H10Br2N2O2/c1-17-9-2-3-11(10(14)4-9)18-12-15-6-8(5-13)7-16-12/h2-4,6-7H,5H2,1H3. The highest BCUT2D eigenvalue weighted by Gasteiger charge is 2.06. The van der Waals surface area contributed by atoms with Gasteiger partial charge in [0.2, 0.25) is 0 Å². The number of methoxy groups -OCH3 is 1. The zero-order chi connectivity index (χ0) is 13.0. The van der Waals surface area contributed by atoms with Gasteiger partial charge in [0.05, 0.1) is 11.6 Å². The van der Waals surface area contributed by atoms with Gasteiger partial charge in [-0.3, -0.25) is 0 Å². The van der Waals surface area contributed by atoms with Crippen LogP contribution in [0.25, 0.3) is 0 Å². The molecule has 0 aliphatic rings. The molecule has 0 N–H and O–H groups in total. The van der Waals surface area contributed by atoms with Crippen LogP contribution < -0.4 is 9.47 Å². The number of nitrogens with zero attached hydrogens (tertiary/aromatic N) is 2. The van der Waals surface area contributed by atoms with Crippen LogP contribution in [0.4, 0.5) is 0 Å². The van der Waals surface area contributed by atoms with Crippen molar-refractivity contribution in [1.29, 1.82) is 0 Å². The van der Waals surface area contributed by atoms with E-state index in [2.05, 4.69) is 41.8 Å². The van der Waals surface area contributed by atoms with Crippen LogP contribution >= 0.6 is 31.9 Å². The van der Waals surface area contributed by atoms with Gasteiger partial charge in [-0.2, -0.15) is 0 Å². The number of hydrogen-bond acceptors (Lipinski definition) is 4. The predicted octanol–water partition coefficient (Wildman–Crippen LogP) is 3.93. The largest absolute Gasteiger partial charge is 0.497 e. The molecule has 0 aliphatic heterocycles. The Morgan fingerprint density at radius 1 is 1.22 bits per heavy atom. The van der Waals surface area contributed by atoms with Crippen molar-refractivity contribution in [2.24, 2.45) is 0 Å². The zero-order valence-corrected chi connectivity index (χ0v) is 12.7. The summed E-state index contributed by atoms with van der Waals surface area (Å²) >= 11 is 6.74. The lowest BCUT2D eigenvalue weighted by Gasteiger charge is -2.07. The van der Waals surface area contributed by atoms with E-state index in [9.17, 15) is 0 Å². The van der Waals surface area contributed by atoms with Gasteiger partial charge in [-0.15, -0.1) is 0 Å². The average molecular weight is 374 g/mol. The van der Waals surface area contributed by atoms with E-state index in [1.54, 1.807) is 25.6 Å².